The second kappa shape index (κ2) is 6.91. The number of aliphatic carboxylic acids is 1. The lowest BCUT2D eigenvalue weighted by molar-refractivity contribution is -0.144. The molecule has 21 heavy (non-hydrogen) atoms. The first-order chi connectivity index (χ1) is 10.1. The molecule has 0 spiro atoms. The molecule has 0 amide bonds. The van der Waals surface area contributed by atoms with Crippen molar-refractivity contribution in [2.24, 2.45) is 0 Å². The van der Waals surface area contributed by atoms with Gasteiger partial charge in [0.2, 0.25) is 0 Å². The average molecular weight is 293 g/mol. The van der Waals surface area contributed by atoms with E-state index >= 15 is 0 Å². The lowest BCUT2D eigenvalue weighted by Gasteiger charge is -2.26. The van der Waals surface area contributed by atoms with Gasteiger partial charge >= 0.3 is 5.97 Å². The largest absolute Gasteiger partial charge is 0.490 e. The van der Waals surface area contributed by atoms with Gasteiger partial charge in [-0.3, -0.25) is 4.79 Å². The number of nitrogens with one attached hydrogen (secondary N) is 1. The Labute approximate surface area is 124 Å². The SMILES string of the molecule is CCCNC1(C(=O)O)CCC(Oc2ccccc2CO)C1. The van der Waals surface area contributed by atoms with Crippen LogP contribution < -0.4 is 10.1 Å². The zero-order valence-electron chi connectivity index (χ0n) is 12.3. The number of aliphatic hydroxyl groups excluding tert-OH is 1. The van der Waals surface area contributed by atoms with Crippen molar-refractivity contribution >= 4 is 5.97 Å². The lowest BCUT2D eigenvalue weighted by atomic mass is 9.97. The van der Waals surface area contributed by atoms with Crippen molar-refractivity contribution in [1.29, 1.82) is 0 Å². The van der Waals surface area contributed by atoms with Crippen LogP contribution in [0.5, 0.6) is 5.75 Å². The quantitative estimate of drug-likeness (QED) is 0.716. The van der Waals surface area contributed by atoms with Crippen LogP contribution in [0.3, 0.4) is 0 Å². The van der Waals surface area contributed by atoms with Gasteiger partial charge in [0.05, 0.1) is 6.61 Å². The van der Waals surface area contributed by atoms with Crippen LogP contribution in [0.4, 0.5) is 0 Å². The van der Waals surface area contributed by atoms with E-state index in [9.17, 15) is 15.0 Å². The van der Waals surface area contributed by atoms with E-state index in [-0.39, 0.29) is 12.7 Å². The summed E-state index contributed by atoms with van der Waals surface area (Å²) in [6.07, 6.45) is 2.46. The van der Waals surface area contributed by atoms with Crippen LogP contribution in [0.2, 0.25) is 0 Å². The molecule has 2 unspecified atom stereocenters. The molecule has 0 heterocycles. The summed E-state index contributed by atoms with van der Waals surface area (Å²) in [5, 5.41) is 22.0. The third kappa shape index (κ3) is 3.54. The number of carboxylic acid groups (broad SMARTS) is 1. The molecule has 1 aromatic carbocycles. The number of para-hydroxylation sites is 1. The van der Waals surface area contributed by atoms with Gasteiger partial charge in [-0.2, -0.15) is 0 Å². The fourth-order valence-corrected chi connectivity index (χ4v) is 2.82. The number of carbonyl (C=O) groups is 1. The number of hydrogen-bond donors (Lipinski definition) is 3. The lowest BCUT2D eigenvalue weighted by Crippen LogP contribution is -2.50. The second-order valence-electron chi connectivity index (χ2n) is 5.56. The van der Waals surface area contributed by atoms with Crippen molar-refractivity contribution in [2.45, 2.75) is 50.9 Å². The molecule has 1 aliphatic carbocycles. The first-order valence-corrected chi connectivity index (χ1v) is 7.45. The van der Waals surface area contributed by atoms with Gasteiger partial charge in [0.25, 0.3) is 0 Å². The van der Waals surface area contributed by atoms with Gasteiger partial charge in [-0.25, -0.2) is 0 Å². The van der Waals surface area contributed by atoms with Gasteiger partial charge < -0.3 is 20.3 Å². The summed E-state index contributed by atoms with van der Waals surface area (Å²) in [6, 6.07) is 7.32. The maximum atomic E-state index is 11.6. The van der Waals surface area contributed by atoms with Crippen LogP contribution in [-0.2, 0) is 11.4 Å². The fraction of sp³-hybridized carbons (Fsp3) is 0.562. The highest BCUT2D eigenvalue weighted by Crippen LogP contribution is 2.34. The van der Waals surface area contributed by atoms with Crippen molar-refractivity contribution in [3.63, 3.8) is 0 Å². The zero-order valence-corrected chi connectivity index (χ0v) is 12.3. The van der Waals surface area contributed by atoms with Gasteiger partial charge in [-0.1, -0.05) is 25.1 Å². The highest BCUT2D eigenvalue weighted by molar-refractivity contribution is 5.79. The van der Waals surface area contributed by atoms with Crippen LogP contribution >= 0.6 is 0 Å². The Hall–Kier alpha value is -1.59. The number of ether oxygens (including phenoxy) is 1. The maximum absolute atomic E-state index is 11.6. The van der Waals surface area contributed by atoms with Crippen molar-refractivity contribution < 1.29 is 19.7 Å². The van der Waals surface area contributed by atoms with E-state index in [1.165, 1.54) is 0 Å². The molecule has 0 radical (unpaired) electrons. The second-order valence-corrected chi connectivity index (χ2v) is 5.56. The van der Waals surface area contributed by atoms with Crippen LogP contribution in [0.1, 0.15) is 38.2 Å². The molecule has 5 nitrogen and oxygen atoms in total. The normalized spacial score (nSPS) is 25.0. The number of rotatable bonds is 7. The van der Waals surface area contributed by atoms with E-state index in [1.807, 2.05) is 31.2 Å². The van der Waals surface area contributed by atoms with Crippen LogP contribution in [0.25, 0.3) is 0 Å². The Morgan fingerprint density at radius 1 is 1.48 bits per heavy atom. The van der Waals surface area contributed by atoms with E-state index in [4.69, 9.17) is 4.74 Å². The molecular formula is C16H23NO4. The fourth-order valence-electron chi connectivity index (χ4n) is 2.82. The number of hydrogen-bond acceptors (Lipinski definition) is 4. The van der Waals surface area contributed by atoms with Crippen LogP contribution in [0, 0.1) is 0 Å². The maximum Gasteiger partial charge on any atom is 0.324 e. The first kappa shape index (κ1) is 15.8. The monoisotopic (exact) mass is 293 g/mol. The molecule has 0 aliphatic heterocycles. The van der Waals surface area contributed by atoms with Crippen molar-refractivity contribution in [1.82, 2.24) is 5.32 Å². The smallest absolute Gasteiger partial charge is 0.324 e. The van der Waals surface area contributed by atoms with Crippen molar-refractivity contribution in [2.75, 3.05) is 6.54 Å². The zero-order chi connectivity index (χ0) is 15.3. The molecular weight excluding hydrogens is 270 g/mol. The summed E-state index contributed by atoms with van der Waals surface area (Å²) in [7, 11) is 0. The number of aliphatic hydroxyl groups is 1. The predicted molar refractivity (Wildman–Crippen MR) is 79.3 cm³/mol. The van der Waals surface area contributed by atoms with Crippen LogP contribution in [-0.4, -0.2) is 34.4 Å². The Morgan fingerprint density at radius 3 is 2.90 bits per heavy atom. The molecule has 0 bridgehead atoms. The average Bonchev–Trinajstić information content (AvgIpc) is 2.90. The molecule has 116 valence electrons. The Balaban J connectivity index is 2.05. The first-order valence-electron chi connectivity index (χ1n) is 7.45. The van der Waals surface area contributed by atoms with Gasteiger partial charge in [0, 0.05) is 12.0 Å². The topological polar surface area (TPSA) is 78.8 Å². The van der Waals surface area contributed by atoms with E-state index in [0.29, 0.717) is 31.6 Å². The summed E-state index contributed by atoms with van der Waals surface area (Å²) in [6.45, 7) is 2.62. The number of benzene rings is 1. The minimum atomic E-state index is -0.880. The van der Waals surface area contributed by atoms with E-state index < -0.39 is 11.5 Å². The summed E-state index contributed by atoms with van der Waals surface area (Å²) in [4.78, 5) is 11.6. The molecule has 3 N–H and O–H groups in total. The standard InChI is InChI=1S/C16H23NO4/c1-2-9-17-16(15(19)20)8-7-13(10-16)21-14-6-4-3-5-12(14)11-18/h3-6,13,17-18H,2,7-11H2,1H3,(H,19,20). The van der Waals surface area contributed by atoms with Gasteiger partial charge in [-0.05, 0) is 31.9 Å². The Kier molecular flexibility index (Phi) is 5.20. The van der Waals surface area contributed by atoms with E-state index in [0.717, 1.165) is 12.0 Å². The minimum Gasteiger partial charge on any atom is -0.490 e. The number of carboxylic acids is 1. The predicted octanol–water partition coefficient (Wildman–Crippen LogP) is 1.93. The Morgan fingerprint density at radius 2 is 2.24 bits per heavy atom. The summed E-state index contributed by atoms with van der Waals surface area (Å²) < 4.78 is 5.92. The highest BCUT2D eigenvalue weighted by atomic mass is 16.5. The summed E-state index contributed by atoms with van der Waals surface area (Å²) in [5.41, 5.74) is -0.152. The molecule has 1 fully saturated rings. The van der Waals surface area contributed by atoms with Gasteiger partial charge in [-0.15, -0.1) is 0 Å². The highest BCUT2D eigenvalue weighted by Gasteiger charge is 2.46. The molecule has 5 heteroatoms. The minimum absolute atomic E-state index is 0.0823. The molecule has 0 aromatic heterocycles. The molecule has 2 atom stereocenters. The molecule has 1 aliphatic rings. The Bertz CT molecular complexity index is 491. The van der Waals surface area contributed by atoms with Crippen LogP contribution in [0.15, 0.2) is 24.3 Å². The van der Waals surface area contributed by atoms with Gasteiger partial charge in [0.1, 0.15) is 17.4 Å². The van der Waals surface area contributed by atoms with Crippen molar-refractivity contribution in [3.8, 4) is 5.75 Å². The summed E-state index contributed by atoms with van der Waals surface area (Å²) >= 11 is 0. The third-order valence-electron chi connectivity index (χ3n) is 4.03. The van der Waals surface area contributed by atoms with E-state index in [1.54, 1.807) is 0 Å². The molecule has 0 saturated heterocycles. The molecule has 1 aromatic rings. The third-order valence-corrected chi connectivity index (χ3v) is 4.03. The molecule has 1 saturated carbocycles. The van der Waals surface area contributed by atoms with Gasteiger partial charge in [0.15, 0.2) is 0 Å². The van der Waals surface area contributed by atoms with E-state index in [2.05, 4.69) is 5.32 Å². The summed E-state index contributed by atoms with van der Waals surface area (Å²) in [5.74, 6) is -0.167. The van der Waals surface area contributed by atoms with Crippen molar-refractivity contribution in [3.05, 3.63) is 29.8 Å². The molecule has 2 rings (SSSR count).